The van der Waals surface area contributed by atoms with E-state index in [-0.39, 0.29) is 0 Å². The topological polar surface area (TPSA) is 81.7 Å². The van der Waals surface area contributed by atoms with E-state index in [1.165, 1.54) is 0 Å². The third-order valence-corrected chi connectivity index (χ3v) is 11.1. The highest BCUT2D eigenvalue weighted by Gasteiger charge is 2.18. The molecule has 0 radical (unpaired) electrons. The zero-order valence-electron chi connectivity index (χ0n) is 30.3. The Morgan fingerprint density at radius 1 is 0.351 bits per heavy atom. The molecule has 0 aliphatic carbocycles. The van der Waals surface area contributed by atoms with Crippen molar-refractivity contribution < 1.29 is 0 Å². The Hall–Kier alpha value is -7.73. The highest BCUT2D eigenvalue weighted by molar-refractivity contribution is 7.26. The average molecular weight is 748 g/mol. The molecule has 7 nitrogen and oxygen atoms in total. The van der Waals surface area contributed by atoms with Crippen LogP contribution >= 0.6 is 11.3 Å². The molecule has 57 heavy (non-hydrogen) atoms. The van der Waals surface area contributed by atoms with Crippen LogP contribution < -0.4 is 0 Å². The molecule has 0 amide bonds. The maximum atomic E-state index is 7.27. The summed E-state index contributed by atoms with van der Waals surface area (Å²) in [6.45, 7) is 7.27. The fourth-order valence-electron chi connectivity index (χ4n) is 6.93. The lowest BCUT2D eigenvalue weighted by molar-refractivity contribution is 1.07. The van der Waals surface area contributed by atoms with Crippen LogP contribution in [-0.2, 0) is 0 Å². The van der Waals surface area contributed by atoms with Gasteiger partial charge in [-0.15, -0.1) is 11.3 Å². The van der Waals surface area contributed by atoms with Crippen LogP contribution in [0.4, 0.5) is 5.69 Å². The summed E-state index contributed by atoms with van der Waals surface area (Å²) < 4.78 is 2.23. The molecule has 0 bridgehead atoms. The molecule has 0 saturated carbocycles. The van der Waals surface area contributed by atoms with E-state index in [0.29, 0.717) is 40.6 Å². The number of hydrogen-bond donors (Lipinski definition) is 0. The van der Waals surface area contributed by atoms with Crippen LogP contribution in [0, 0.1) is 6.57 Å². The van der Waals surface area contributed by atoms with E-state index in [1.807, 2.05) is 127 Å². The molecule has 0 aliphatic heterocycles. The summed E-state index contributed by atoms with van der Waals surface area (Å²) >= 11 is 1.72. The van der Waals surface area contributed by atoms with E-state index < -0.39 is 0 Å². The lowest BCUT2D eigenvalue weighted by atomic mass is 10.0. The van der Waals surface area contributed by atoms with Crippen molar-refractivity contribution in [3.8, 4) is 79.5 Å². The third kappa shape index (κ3) is 6.59. The van der Waals surface area contributed by atoms with Gasteiger partial charge in [-0.25, -0.2) is 34.7 Å². The summed E-state index contributed by atoms with van der Waals surface area (Å²) in [5, 5.41) is 2.21. The summed E-state index contributed by atoms with van der Waals surface area (Å²) in [7, 11) is 0. The minimum absolute atomic E-state index is 0.588. The lowest BCUT2D eigenvalue weighted by Crippen LogP contribution is -2.00. The molecule has 0 saturated heterocycles. The third-order valence-electron chi connectivity index (χ3n) is 9.84. The second-order valence-electron chi connectivity index (χ2n) is 13.4. The van der Waals surface area contributed by atoms with Gasteiger partial charge >= 0.3 is 0 Å². The molecular weight excluding hydrogens is 719 g/mol. The standard InChI is InChI=1S/C49H29N7S/c1-50-38-27-24-32(25-28-38)31-20-22-36(23-21-31)47-51-44(33-12-5-2-6-13-33)53-48(54-47)37-26-29-42-41(30-37)39-18-11-19-40(43(39)57-42)49-55-45(34-14-7-3-8-15-34)52-46(56-49)35-16-9-4-10-17-35/h2-30H. The predicted octanol–water partition coefficient (Wildman–Crippen LogP) is 12.6. The van der Waals surface area contributed by atoms with E-state index in [4.69, 9.17) is 36.5 Å². The van der Waals surface area contributed by atoms with Gasteiger partial charge in [-0.2, -0.15) is 0 Å². The van der Waals surface area contributed by atoms with Gasteiger partial charge in [-0.1, -0.05) is 152 Å². The molecule has 0 atom stereocenters. The number of thiophene rings is 1. The Morgan fingerprint density at radius 2 is 0.772 bits per heavy atom. The van der Waals surface area contributed by atoms with Gasteiger partial charge in [0.15, 0.2) is 40.6 Å². The van der Waals surface area contributed by atoms with Crippen molar-refractivity contribution in [2.24, 2.45) is 0 Å². The lowest BCUT2D eigenvalue weighted by Gasteiger charge is -2.09. The zero-order chi connectivity index (χ0) is 38.1. The van der Waals surface area contributed by atoms with E-state index in [1.54, 1.807) is 11.3 Å². The second kappa shape index (κ2) is 14.5. The average Bonchev–Trinajstić information content (AvgIpc) is 3.68. The molecule has 10 rings (SSSR count). The van der Waals surface area contributed by atoms with Crippen molar-refractivity contribution in [1.29, 1.82) is 0 Å². The van der Waals surface area contributed by atoms with E-state index >= 15 is 0 Å². The predicted molar refractivity (Wildman–Crippen MR) is 230 cm³/mol. The monoisotopic (exact) mass is 747 g/mol. The fraction of sp³-hybridized carbons (Fsp3) is 0. The van der Waals surface area contributed by atoms with Gasteiger partial charge in [-0.3, -0.25) is 0 Å². The normalized spacial score (nSPS) is 11.1. The van der Waals surface area contributed by atoms with Gasteiger partial charge in [-0.05, 0) is 35.4 Å². The number of hydrogen-bond acceptors (Lipinski definition) is 7. The summed E-state index contributed by atoms with van der Waals surface area (Å²) in [4.78, 5) is 33.5. The van der Waals surface area contributed by atoms with Crippen LogP contribution in [0.2, 0.25) is 0 Å². The Labute approximate surface area is 332 Å². The summed E-state index contributed by atoms with van der Waals surface area (Å²) in [5.74, 6) is 3.66. The van der Waals surface area contributed by atoms with Crippen molar-refractivity contribution in [2.75, 3.05) is 0 Å². The van der Waals surface area contributed by atoms with Gasteiger partial charge in [0.2, 0.25) is 0 Å². The first-order valence-electron chi connectivity index (χ1n) is 18.4. The Bertz CT molecular complexity index is 3050. The van der Waals surface area contributed by atoms with Crippen molar-refractivity contribution >= 4 is 37.2 Å². The Balaban J connectivity index is 1.08. The quantitative estimate of drug-likeness (QED) is 0.151. The number of benzene rings is 7. The molecule has 0 spiro atoms. The fourth-order valence-corrected chi connectivity index (χ4v) is 8.13. The SMILES string of the molecule is [C-]#[N+]c1ccc(-c2ccc(-c3nc(-c4ccccc4)nc(-c4ccc5sc6c(-c7nc(-c8ccccc8)nc(-c8ccccc8)n7)cccc6c5c4)n3)cc2)cc1. The smallest absolute Gasteiger partial charge is 0.187 e. The van der Waals surface area contributed by atoms with Crippen LogP contribution in [-0.4, -0.2) is 29.9 Å². The first kappa shape index (κ1) is 33.8. The molecule has 0 unspecified atom stereocenters. The number of aromatic nitrogens is 6. The van der Waals surface area contributed by atoms with Crippen LogP contribution in [0.3, 0.4) is 0 Å². The molecule has 3 aromatic heterocycles. The molecule has 0 fully saturated rings. The highest BCUT2D eigenvalue weighted by atomic mass is 32.1. The van der Waals surface area contributed by atoms with Crippen molar-refractivity contribution in [2.45, 2.75) is 0 Å². The van der Waals surface area contributed by atoms with Crippen molar-refractivity contribution in [3.05, 3.63) is 187 Å². The van der Waals surface area contributed by atoms with Crippen molar-refractivity contribution in [3.63, 3.8) is 0 Å². The first-order chi connectivity index (χ1) is 28.2. The largest absolute Gasteiger partial charge is 0.238 e. The molecule has 7 aromatic carbocycles. The molecule has 0 N–H and O–H groups in total. The molecular formula is C49H29N7S. The van der Waals surface area contributed by atoms with Gasteiger partial charge in [0.05, 0.1) is 6.57 Å². The van der Waals surface area contributed by atoms with Gasteiger partial charge in [0, 0.05) is 53.6 Å². The Morgan fingerprint density at radius 3 is 1.28 bits per heavy atom. The number of nitrogens with zero attached hydrogens (tertiary/aromatic N) is 7. The van der Waals surface area contributed by atoms with E-state index in [2.05, 4.69) is 53.4 Å². The van der Waals surface area contributed by atoms with E-state index in [0.717, 1.165) is 64.7 Å². The number of rotatable bonds is 7. The zero-order valence-corrected chi connectivity index (χ0v) is 31.1. The summed E-state index contributed by atoms with van der Waals surface area (Å²) in [6.07, 6.45) is 0. The molecule has 0 aliphatic rings. The maximum absolute atomic E-state index is 7.27. The summed E-state index contributed by atoms with van der Waals surface area (Å²) in [6, 6.07) is 58.7. The van der Waals surface area contributed by atoms with Crippen molar-refractivity contribution in [1.82, 2.24) is 29.9 Å². The molecule has 8 heteroatoms. The Kier molecular flexibility index (Phi) is 8.60. The first-order valence-corrected chi connectivity index (χ1v) is 19.2. The highest BCUT2D eigenvalue weighted by Crippen LogP contribution is 2.41. The van der Waals surface area contributed by atoms with Gasteiger partial charge in [0.1, 0.15) is 0 Å². The van der Waals surface area contributed by atoms with Gasteiger partial charge < -0.3 is 0 Å². The molecule has 266 valence electrons. The molecule has 3 heterocycles. The van der Waals surface area contributed by atoms with Crippen LogP contribution in [0.25, 0.3) is 104 Å². The number of fused-ring (bicyclic) bond motifs is 3. The minimum atomic E-state index is 0.588. The molecule has 10 aromatic rings. The summed E-state index contributed by atoms with van der Waals surface area (Å²) in [5.41, 5.74) is 8.20. The van der Waals surface area contributed by atoms with Crippen LogP contribution in [0.15, 0.2) is 176 Å². The van der Waals surface area contributed by atoms with Gasteiger partial charge in [0.25, 0.3) is 0 Å². The minimum Gasteiger partial charge on any atom is -0.238 e. The van der Waals surface area contributed by atoms with Crippen LogP contribution in [0.1, 0.15) is 0 Å². The van der Waals surface area contributed by atoms with Crippen LogP contribution in [0.5, 0.6) is 0 Å². The maximum Gasteiger partial charge on any atom is 0.187 e. The van der Waals surface area contributed by atoms with E-state index in [9.17, 15) is 0 Å². The second-order valence-corrected chi connectivity index (χ2v) is 14.5.